The number of nitro groups is 1. The van der Waals surface area contributed by atoms with Crippen LogP contribution >= 0.6 is 11.6 Å². The van der Waals surface area contributed by atoms with Crippen LogP contribution in [0.2, 0.25) is 5.02 Å². The van der Waals surface area contributed by atoms with Gasteiger partial charge >= 0.3 is 0 Å². The van der Waals surface area contributed by atoms with Gasteiger partial charge in [-0.15, -0.1) is 0 Å². The Morgan fingerprint density at radius 1 is 1.52 bits per heavy atom. The van der Waals surface area contributed by atoms with Gasteiger partial charge in [-0.05, 0) is 6.07 Å². The quantitative estimate of drug-likeness (QED) is 0.468. The molecule has 1 rings (SSSR count). The number of nitrogens with zero attached hydrogens (tertiary/aromatic N) is 2. The van der Waals surface area contributed by atoms with Gasteiger partial charge in [0.15, 0.2) is 0 Å². The largest absolute Gasteiger partial charge is 0.395 e. The number of nitrogen functional groups attached to an aromatic ring is 1. The lowest BCUT2D eigenvalue weighted by atomic mass is 10.1. The lowest BCUT2D eigenvalue weighted by molar-refractivity contribution is -0.383. The minimum Gasteiger partial charge on any atom is -0.395 e. The van der Waals surface area contributed by atoms with E-state index in [4.69, 9.17) is 22.4 Å². The standard InChI is InChI=1S/C11H12ClF2N3O4/c12-7-3-6(4-8(10(7)15)17(20)21)11(19)16(1-2-18)5-9(13)14/h3-4,9,18H,1-2,5,15H2. The Kier molecular flexibility index (Phi) is 5.79. The van der Waals surface area contributed by atoms with Crippen molar-refractivity contribution >= 4 is 28.9 Å². The summed E-state index contributed by atoms with van der Waals surface area (Å²) in [5, 5.41) is 19.4. The van der Waals surface area contributed by atoms with Gasteiger partial charge in [0.2, 0.25) is 0 Å². The van der Waals surface area contributed by atoms with Gasteiger partial charge < -0.3 is 15.7 Å². The molecule has 10 heteroatoms. The first-order valence-electron chi connectivity index (χ1n) is 5.69. The van der Waals surface area contributed by atoms with Crippen LogP contribution in [-0.4, -0.2) is 47.0 Å². The zero-order chi connectivity index (χ0) is 16.2. The molecule has 1 aromatic rings. The number of amides is 1. The van der Waals surface area contributed by atoms with E-state index in [0.29, 0.717) is 4.90 Å². The van der Waals surface area contributed by atoms with Crippen LogP contribution in [0.25, 0.3) is 0 Å². The maximum absolute atomic E-state index is 12.4. The molecule has 0 radical (unpaired) electrons. The summed E-state index contributed by atoms with van der Waals surface area (Å²) in [5.74, 6) is -0.908. The van der Waals surface area contributed by atoms with Crippen molar-refractivity contribution in [2.24, 2.45) is 0 Å². The van der Waals surface area contributed by atoms with Gasteiger partial charge in [0.25, 0.3) is 18.0 Å². The minimum atomic E-state index is -2.81. The highest BCUT2D eigenvalue weighted by Crippen LogP contribution is 2.31. The number of nitro benzene ring substituents is 1. The van der Waals surface area contributed by atoms with Gasteiger partial charge in [-0.3, -0.25) is 14.9 Å². The van der Waals surface area contributed by atoms with E-state index in [0.717, 1.165) is 12.1 Å². The molecule has 0 atom stereocenters. The van der Waals surface area contributed by atoms with Crippen molar-refractivity contribution < 1.29 is 23.6 Å². The summed E-state index contributed by atoms with van der Waals surface area (Å²) < 4.78 is 24.8. The molecule has 0 saturated heterocycles. The molecule has 0 saturated carbocycles. The third-order valence-electron chi connectivity index (χ3n) is 2.57. The van der Waals surface area contributed by atoms with Gasteiger partial charge in [-0.1, -0.05) is 11.6 Å². The number of hydrogen-bond donors (Lipinski definition) is 2. The summed E-state index contributed by atoms with van der Waals surface area (Å²) in [6.07, 6.45) is -2.81. The number of nitrogens with two attached hydrogens (primary N) is 1. The summed E-state index contributed by atoms with van der Waals surface area (Å²) >= 11 is 5.70. The predicted molar refractivity (Wildman–Crippen MR) is 71.5 cm³/mol. The fourth-order valence-electron chi connectivity index (χ4n) is 1.62. The maximum atomic E-state index is 12.4. The second-order valence-corrected chi connectivity index (χ2v) is 4.42. The molecule has 116 valence electrons. The third kappa shape index (κ3) is 4.23. The number of carbonyl (C=O) groups is 1. The normalized spacial score (nSPS) is 10.7. The monoisotopic (exact) mass is 323 g/mol. The number of anilines is 1. The van der Waals surface area contributed by atoms with Crippen LogP contribution in [0, 0.1) is 10.1 Å². The number of hydrogen-bond acceptors (Lipinski definition) is 5. The molecule has 0 aromatic heterocycles. The van der Waals surface area contributed by atoms with Crippen molar-refractivity contribution in [3.63, 3.8) is 0 Å². The van der Waals surface area contributed by atoms with E-state index >= 15 is 0 Å². The molecular weight excluding hydrogens is 312 g/mol. The fraction of sp³-hybridized carbons (Fsp3) is 0.364. The lowest BCUT2D eigenvalue weighted by Gasteiger charge is -2.21. The summed E-state index contributed by atoms with van der Waals surface area (Å²) in [5.41, 5.74) is 4.25. The second-order valence-electron chi connectivity index (χ2n) is 4.01. The summed E-state index contributed by atoms with van der Waals surface area (Å²) in [7, 11) is 0. The van der Waals surface area contributed by atoms with Crippen molar-refractivity contribution in [3.05, 3.63) is 32.8 Å². The first-order valence-corrected chi connectivity index (χ1v) is 6.07. The molecule has 21 heavy (non-hydrogen) atoms. The molecule has 0 aliphatic rings. The van der Waals surface area contributed by atoms with Crippen molar-refractivity contribution in [2.75, 3.05) is 25.4 Å². The van der Waals surface area contributed by atoms with Crippen LogP contribution in [0.5, 0.6) is 0 Å². The number of alkyl halides is 2. The van der Waals surface area contributed by atoms with Crippen molar-refractivity contribution in [3.8, 4) is 0 Å². The summed E-state index contributed by atoms with van der Waals surface area (Å²) in [6, 6.07) is 1.92. The van der Waals surface area contributed by atoms with Gasteiger partial charge in [0.05, 0.1) is 23.1 Å². The first kappa shape index (κ1) is 17.1. The zero-order valence-corrected chi connectivity index (χ0v) is 11.4. The molecular formula is C11H12ClF2N3O4. The molecule has 0 heterocycles. The summed E-state index contributed by atoms with van der Waals surface area (Å²) in [4.78, 5) is 22.7. The number of halogens is 3. The second kappa shape index (κ2) is 7.14. The van der Waals surface area contributed by atoms with Crippen molar-refractivity contribution in [1.82, 2.24) is 4.90 Å². The van der Waals surface area contributed by atoms with E-state index in [1.54, 1.807) is 0 Å². The van der Waals surface area contributed by atoms with Crippen molar-refractivity contribution in [2.45, 2.75) is 6.43 Å². The molecule has 0 aliphatic carbocycles. The molecule has 3 N–H and O–H groups in total. The van der Waals surface area contributed by atoms with Gasteiger partial charge in [0.1, 0.15) is 5.69 Å². The van der Waals surface area contributed by atoms with Crippen LogP contribution in [-0.2, 0) is 0 Å². The number of benzene rings is 1. The third-order valence-corrected chi connectivity index (χ3v) is 2.88. The van der Waals surface area contributed by atoms with Crippen LogP contribution < -0.4 is 5.73 Å². The zero-order valence-electron chi connectivity index (χ0n) is 10.6. The molecule has 0 spiro atoms. The van der Waals surface area contributed by atoms with E-state index in [9.17, 15) is 23.7 Å². The maximum Gasteiger partial charge on any atom is 0.294 e. The molecule has 1 amide bonds. The molecule has 0 unspecified atom stereocenters. The van der Waals surface area contributed by atoms with Crippen molar-refractivity contribution in [1.29, 1.82) is 0 Å². The van der Waals surface area contributed by atoms with Crippen LogP contribution in [0.1, 0.15) is 10.4 Å². The molecule has 0 aliphatic heterocycles. The van der Waals surface area contributed by atoms with Gasteiger partial charge in [0, 0.05) is 18.2 Å². The number of aliphatic hydroxyl groups excluding tert-OH is 1. The Balaban J connectivity index is 3.18. The Hall–Kier alpha value is -2.00. The SMILES string of the molecule is Nc1c(Cl)cc(C(=O)N(CCO)CC(F)F)cc1[N+](=O)[O-]. The molecule has 0 fully saturated rings. The van der Waals surface area contributed by atoms with E-state index in [2.05, 4.69) is 0 Å². The minimum absolute atomic E-state index is 0.228. The highest BCUT2D eigenvalue weighted by Gasteiger charge is 2.24. The molecule has 0 bridgehead atoms. The highest BCUT2D eigenvalue weighted by atomic mass is 35.5. The smallest absolute Gasteiger partial charge is 0.294 e. The molecule has 7 nitrogen and oxygen atoms in total. The average molecular weight is 324 g/mol. The van der Waals surface area contributed by atoms with E-state index in [-0.39, 0.29) is 22.8 Å². The number of aliphatic hydroxyl groups is 1. The van der Waals surface area contributed by atoms with E-state index < -0.39 is 36.1 Å². The highest BCUT2D eigenvalue weighted by molar-refractivity contribution is 6.34. The van der Waals surface area contributed by atoms with Gasteiger partial charge in [-0.2, -0.15) is 0 Å². The van der Waals surface area contributed by atoms with E-state index in [1.165, 1.54) is 0 Å². The lowest BCUT2D eigenvalue weighted by Crippen LogP contribution is -2.37. The predicted octanol–water partition coefficient (Wildman–Crippen LogP) is 1.53. The average Bonchev–Trinajstić information content (AvgIpc) is 2.39. The van der Waals surface area contributed by atoms with Crippen LogP contribution in [0.3, 0.4) is 0 Å². The number of rotatable bonds is 6. The Morgan fingerprint density at radius 2 is 2.14 bits per heavy atom. The Bertz CT molecular complexity index is 557. The number of carbonyl (C=O) groups excluding carboxylic acids is 1. The summed E-state index contributed by atoms with van der Waals surface area (Å²) in [6.45, 7) is -1.77. The van der Waals surface area contributed by atoms with E-state index in [1.807, 2.05) is 0 Å². The van der Waals surface area contributed by atoms with Crippen LogP contribution in [0.4, 0.5) is 20.2 Å². The Labute approximate surface area is 123 Å². The topological polar surface area (TPSA) is 110 Å². The van der Waals surface area contributed by atoms with Gasteiger partial charge in [-0.25, -0.2) is 8.78 Å². The Morgan fingerprint density at radius 3 is 2.62 bits per heavy atom. The molecule has 1 aromatic carbocycles. The first-order chi connectivity index (χ1) is 9.77. The fourth-order valence-corrected chi connectivity index (χ4v) is 1.84. The van der Waals surface area contributed by atoms with Crippen LogP contribution in [0.15, 0.2) is 12.1 Å².